The third-order valence-corrected chi connectivity index (χ3v) is 4.92. The summed E-state index contributed by atoms with van der Waals surface area (Å²) < 4.78 is 1.80. The Hall–Kier alpha value is -2.73. The molecule has 0 saturated carbocycles. The van der Waals surface area contributed by atoms with Crippen LogP contribution in [0.4, 0.5) is 0 Å². The summed E-state index contributed by atoms with van der Waals surface area (Å²) in [6, 6.07) is 16.8. The van der Waals surface area contributed by atoms with Crippen molar-refractivity contribution in [2.75, 3.05) is 0 Å². The van der Waals surface area contributed by atoms with Crippen LogP contribution < -0.4 is 0 Å². The molecule has 3 aromatic rings. The molecule has 4 rings (SSSR count). The topological polar surface area (TPSA) is 71.2 Å². The first-order valence-electron chi connectivity index (χ1n) is 8.51. The molecule has 0 bridgehead atoms. The van der Waals surface area contributed by atoms with Gasteiger partial charge in [-0.25, -0.2) is 4.68 Å². The minimum absolute atomic E-state index is 0.0343. The molecule has 2 aromatic carbocycles. The molecule has 2 heterocycles. The van der Waals surface area contributed by atoms with Gasteiger partial charge in [0.1, 0.15) is 11.7 Å². The van der Waals surface area contributed by atoms with E-state index in [0.717, 1.165) is 16.6 Å². The quantitative estimate of drug-likeness (QED) is 0.795. The first-order chi connectivity index (χ1) is 12.2. The number of carbonyl (C=O) groups is 1. The number of carbonyl (C=O) groups excluding carboxylic acids is 1. The molecule has 6 heteroatoms. The second-order valence-electron chi connectivity index (χ2n) is 6.44. The summed E-state index contributed by atoms with van der Waals surface area (Å²) in [5.41, 5.74) is 2.50. The van der Waals surface area contributed by atoms with Gasteiger partial charge in [-0.2, -0.15) is 0 Å². The fourth-order valence-corrected chi connectivity index (χ4v) is 3.61. The van der Waals surface area contributed by atoms with E-state index in [1.807, 2.05) is 61.5 Å². The molecule has 1 aromatic heterocycles. The molecule has 1 saturated heterocycles. The standard InChI is InChI=1S/C19H20N4O2/c1-13(19(25)14-7-3-2-4-8-14)22-17(11-12-18(22)24)23-16-10-6-5-9-15(16)20-21-23/h2-10,13,17,19,25H,11-12H2,1H3/t13-,17?,19+/m1/s1. The number of aliphatic hydroxyl groups is 1. The summed E-state index contributed by atoms with van der Waals surface area (Å²) in [5.74, 6) is 0.0343. The van der Waals surface area contributed by atoms with Crippen molar-refractivity contribution in [1.82, 2.24) is 19.9 Å². The minimum atomic E-state index is -0.750. The zero-order chi connectivity index (χ0) is 17.4. The highest BCUT2D eigenvalue weighted by Crippen LogP contribution is 2.35. The van der Waals surface area contributed by atoms with Gasteiger partial charge >= 0.3 is 0 Å². The number of para-hydroxylation sites is 1. The highest BCUT2D eigenvalue weighted by atomic mass is 16.3. The molecular formula is C19H20N4O2. The SMILES string of the molecule is C[C@H]([C@H](O)c1ccccc1)N1C(=O)CCC1n1nnc2ccccc21. The molecule has 0 spiro atoms. The average Bonchev–Trinajstić information content (AvgIpc) is 3.24. The number of aromatic nitrogens is 3. The molecule has 1 aliphatic rings. The maximum Gasteiger partial charge on any atom is 0.224 e. The zero-order valence-electron chi connectivity index (χ0n) is 14.0. The number of hydrogen-bond acceptors (Lipinski definition) is 4. The first-order valence-corrected chi connectivity index (χ1v) is 8.51. The highest BCUT2D eigenvalue weighted by Gasteiger charge is 2.39. The summed E-state index contributed by atoms with van der Waals surface area (Å²) in [7, 11) is 0. The molecule has 3 atom stereocenters. The van der Waals surface area contributed by atoms with Gasteiger partial charge in [0.05, 0.1) is 17.7 Å². The van der Waals surface area contributed by atoms with Crippen molar-refractivity contribution >= 4 is 16.9 Å². The second-order valence-corrected chi connectivity index (χ2v) is 6.44. The Morgan fingerprint density at radius 3 is 2.64 bits per heavy atom. The van der Waals surface area contributed by atoms with E-state index < -0.39 is 6.10 Å². The third kappa shape index (κ3) is 2.68. The Labute approximate surface area is 145 Å². The van der Waals surface area contributed by atoms with Crippen LogP contribution >= 0.6 is 0 Å². The van der Waals surface area contributed by atoms with E-state index in [4.69, 9.17) is 0 Å². The first kappa shape index (κ1) is 15.8. The number of likely N-dealkylation sites (tertiary alicyclic amines) is 1. The fourth-order valence-electron chi connectivity index (χ4n) is 3.61. The van der Waals surface area contributed by atoms with Crippen LogP contribution in [0.1, 0.15) is 37.6 Å². The van der Waals surface area contributed by atoms with Crippen LogP contribution in [0, 0.1) is 0 Å². The largest absolute Gasteiger partial charge is 0.386 e. The van der Waals surface area contributed by atoms with Gasteiger partial charge in [-0.05, 0) is 31.0 Å². The van der Waals surface area contributed by atoms with Crippen molar-refractivity contribution in [2.45, 2.75) is 38.1 Å². The van der Waals surface area contributed by atoms with E-state index in [2.05, 4.69) is 10.3 Å². The summed E-state index contributed by atoms with van der Waals surface area (Å²) in [5, 5.41) is 19.2. The van der Waals surface area contributed by atoms with E-state index in [-0.39, 0.29) is 18.1 Å². The van der Waals surface area contributed by atoms with E-state index in [0.29, 0.717) is 12.8 Å². The lowest BCUT2D eigenvalue weighted by Crippen LogP contribution is -2.42. The van der Waals surface area contributed by atoms with Crippen LogP contribution in [-0.4, -0.2) is 36.9 Å². The van der Waals surface area contributed by atoms with Crippen molar-refractivity contribution in [1.29, 1.82) is 0 Å². The van der Waals surface area contributed by atoms with Gasteiger partial charge in [-0.3, -0.25) is 4.79 Å². The molecular weight excluding hydrogens is 316 g/mol. The van der Waals surface area contributed by atoms with Crippen LogP contribution in [0.5, 0.6) is 0 Å². The Kier molecular flexibility index (Phi) is 3.97. The molecule has 6 nitrogen and oxygen atoms in total. The minimum Gasteiger partial charge on any atom is -0.386 e. The van der Waals surface area contributed by atoms with Gasteiger partial charge in [0.15, 0.2) is 0 Å². The number of amides is 1. The van der Waals surface area contributed by atoms with Gasteiger partial charge in [-0.15, -0.1) is 5.10 Å². The molecule has 0 radical (unpaired) electrons. The third-order valence-electron chi connectivity index (χ3n) is 4.92. The summed E-state index contributed by atoms with van der Waals surface area (Å²) >= 11 is 0. The van der Waals surface area contributed by atoms with Gasteiger partial charge in [0.2, 0.25) is 5.91 Å². The molecule has 1 unspecified atom stereocenters. The maximum atomic E-state index is 12.5. The Bertz CT molecular complexity index is 893. The second kappa shape index (κ2) is 6.29. The fraction of sp³-hybridized carbons (Fsp3) is 0.316. The zero-order valence-corrected chi connectivity index (χ0v) is 14.0. The van der Waals surface area contributed by atoms with Crippen LogP contribution in [-0.2, 0) is 4.79 Å². The van der Waals surface area contributed by atoms with E-state index >= 15 is 0 Å². The molecule has 1 amide bonds. The Morgan fingerprint density at radius 2 is 1.84 bits per heavy atom. The van der Waals surface area contributed by atoms with E-state index in [1.54, 1.807) is 9.58 Å². The van der Waals surface area contributed by atoms with Crippen LogP contribution in [0.3, 0.4) is 0 Å². The van der Waals surface area contributed by atoms with Crippen molar-refractivity contribution in [3.8, 4) is 0 Å². The normalized spacial score (nSPS) is 20.2. The highest BCUT2D eigenvalue weighted by molar-refractivity contribution is 5.80. The number of rotatable bonds is 4. The van der Waals surface area contributed by atoms with Crippen molar-refractivity contribution in [2.24, 2.45) is 0 Å². The van der Waals surface area contributed by atoms with Gasteiger partial charge in [0, 0.05) is 6.42 Å². The van der Waals surface area contributed by atoms with Gasteiger partial charge in [-0.1, -0.05) is 47.7 Å². The number of aliphatic hydroxyl groups excluding tert-OH is 1. The molecule has 1 fully saturated rings. The lowest BCUT2D eigenvalue weighted by Gasteiger charge is -2.34. The van der Waals surface area contributed by atoms with Crippen LogP contribution in [0.25, 0.3) is 11.0 Å². The van der Waals surface area contributed by atoms with E-state index in [9.17, 15) is 9.90 Å². The number of fused-ring (bicyclic) bond motifs is 1. The number of nitrogens with zero attached hydrogens (tertiary/aromatic N) is 4. The Morgan fingerprint density at radius 1 is 1.12 bits per heavy atom. The molecule has 25 heavy (non-hydrogen) atoms. The lowest BCUT2D eigenvalue weighted by molar-refractivity contribution is -0.135. The predicted molar refractivity (Wildman–Crippen MR) is 93.5 cm³/mol. The lowest BCUT2D eigenvalue weighted by atomic mass is 10.0. The Balaban J connectivity index is 1.68. The van der Waals surface area contributed by atoms with Gasteiger partial charge in [0.25, 0.3) is 0 Å². The van der Waals surface area contributed by atoms with Crippen molar-refractivity contribution in [3.63, 3.8) is 0 Å². The smallest absolute Gasteiger partial charge is 0.224 e. The predicted octanol–water partition coefficient (Wildman–Crippen LogP) is 2.67. The summed E-state index contributed by atoms with van der Waals surface area (Å²) in [4.78, 5) is 14.3. The molecule has 128 valence electrons. The van der Waals surface area contributed by atoms with Crippen molar-refractivity contribution in [3.05, 3.63) is 60.2 Å². The number of benzene rings is 2. The summed E-state index contributed by atoms with van der Waals surface area (Å²) in [6.45, 7) is 1.88. The van der Waals surface area contributed by atoms with Crippen molar-refractivity contribution < 1.29 is 9.90 Å². The molecule has 1 N–H and O–H groups in total. The molecule has 1 aliphatic heterocycles. The average molecular weight is 336 g/mol. The maximum absolute atomic E-state index is 12.5. The monoisotopic (exact) mass is 336 g/mol. The van der Waals surface area contributed by atoms with E-state index in [1.165, 1.54) is 0 Å². The molecule has 0 aliphatic carbocycles. The summed E-state index contributed by atoms with van der Waals surface area (Å²) in [6.07, 6.45) is 0.136. The van der Waals surface area contributed by atoms with Crippen LogP contribution in [0.15, 0.2) is 54.6 Å². The van der Waals surface area contributed by atoms with Gasteiger partial charge < -0.3 is 10.0 Å². The van der Waals surface area contributed by atoms with Crippen LogP contribution in [0.2, 0.25) is 0 Å². The number of hydrogen-bond donors (Lipinski definition) is 1.